The average Bonchev–Trinajstić information content (AvgIpc) is 2.49. The molecule has 2 aliphatic rings. The van der Waals surface area contributed by atoms with Crippen LogP contribution in [0.1, 0.15) is 19.3 Å². The zero-order valence-corrected chi connectivity index (χ0v) is 8.39. The van der Waals surface area contributed by atoms with Crippen LogP contribution in [0.4, 0.5) is 0 Å². The lowest BCUT2D eigenvalue weighted by molar-refractivity contribution is 0.265. The summed E-state index contributed by atoms with van der Waals surface area (Å²) in [4.78, 5) is 2.60. The van der Waals surface area contributed by atoms with Crippen molar-refractivity contribution in [1.29, 1.82) is 0 Å². The summed E-state index contributed by atoms with van der Waals surface area (Å²) in [6.45, 7) is 7.39. The molecule has 0 amide bonds. The summed E-state index contributed by atoms with van der Waals surface area (Å²) in [6.07, 6.45) is 4.06. The number of nitrogens with one attached hydrogen (secondary N) is 2. The molecule has 1 atom stereocenters. The molecule has 2 heterocycles. The Balaban J connectivity index is 1.71. The van der Waals surface area contributed by atoms with E-state index in [1.165, 1.54) is 58.5 Å². The molecule has 0 saturated carbocycles. The van der Waals surface area contributed by atoms with E-state index in [-0.39, 0.29) is 0 Å². The lowest BCUT2D eigenvalue weighted by Gasteiger charge is -2.23. The van der Waals surface area contributed by atoms with Crippen molar-refractivity contribution in [2.75, 3.05) is 39.3 Å². The molecule has 0 aromatic carbocycles. The Labute approximate surface area is 80.9 Å². The summed E-state index contributed by atoms with van der Waals surface area (Å²) in [6, 6.07) is 0.776. The molecule has 3 nitrogen and oxygen atoms in total. The van der Waals surface area contributed by atoms with Gasteiger partial charge >= 0.3 is 0 Å². The summed E-state index contributed by atoms with van der Waals surface area (Å²) in [5, 5.41) is 7.00. The van der Waals surface area contributed by atoms with E-state index in [1.807, 2.05) is 0 Å². The largest absolute Gasteiger partial charge is 0.315 e. The predicted octanol–water partition coefficient (Wildman–Crippen LogP) is 0.0337. The summed E-state index contributed by atoms with van der Waals surface area (Å²) >= 11 is 0. The molecule has 2 fully saturated rings. The van der Waals surface area contributed by atoms with Crippen molar-refractivity contribution in [3.8, 4) is 0 Å². The minimum atomic E-state index is 0.776. The third kappa shape index (κ3) is 2.93. The highest BCUT2D eigenvalue weighted by Crippen LogP contribution is 2.07. The third-order valence-corrected chi connectivity index (χ3v) is 3.07. The van der Waals surface area contributed by atoms with Crippen molar-refractivity contribution in [3.63, 3.8) is 0 Å². The van der Waals surface area contributed by atoms with Gasteiger partial charge in [-0.25, -0.2) is 0 Å². The molecular formula is C10H21N3. The molecule has 3 heteroatoms. The molecule has 0 aromatic rings. The molecule has 0 aliphatic carbocycles. The van der Waals surface area contributed by atoms with Crippen molar-refractivity contribution in [3.05, 3.63) is 0 Å². The van der Waals surface area contributed by atoms with E-state index in [0.717, 1.165) is 6.04 Å². The van der Waals surface area contributed by atoms with Crippen LogP contribution in [0.3, 0.4) is 0 Å². The molecular weight excluding hydrogens is 162 g/mol. The second-order valence-corrected chi connectivity index (χ2v) is 4.20. The highest BCUT2D eigenvalue weighted by Gasteiger charge is 2.18. The van der Waals surface area contributed by atoms with Crippen molar-refractivity contribution >= 4 is 0 Å². The van der Waals surface area contributed by atoms with Gasteiger partial charge in [0.1, 0.15) is 0 Å². The van der Waals surface area contributed by atoms with E-state index in [1.54, 1.807) is 0 Å². The van der Waals surface area contributed by atoms with E-state index in [0.29, 0.717) is 0 Å². The minimum Gasteiger partial charge on any atom is -0.315 e. The molecule has 2 saturated heterocycles. The first-order chi connectivity index (χ1) is 6.45. The van der Waals surface area contributed by atoms with E-state index in [4.69, 9.17) is 0 Å². The molecule has 0 unspecified atom stereocenters. The molecule has 13 heavy (non-hydrogen) atoms. The van der Waals surface area contributed by atoms with Gasteiger partial charge in [-0.15, -0.1) is 0 Å². The fraction of sp³-hybridized carbons (Fsp3) is 1.00. The van der Waals surface area contributed by atoms with Crippen LogP contribution in [0.2, 0.25) is 0 Å². The first-order valence-electron chi connectivity index (χ1n) is 5.61. The van der Waals surface area contributed by atoms with Crippen LogP contribution >= 0.6 is 0 Å². The van der Waals surface area contributed by atoms with Gasteiger partial charge in [0.15, 0.2) is 0 Å². The zero-order valence-electron chi connectivity index (χ0n) is 8.39. The minimum absolute atomic E-state index is 0.776. The fourth-order valence-electron chi connectivity index (χ4n) is 2.31. The Bertz CT molecular complexity index is 135. The molecule has 76 valence electrons. The predicted molar refractivity (Wildman–Crippen MR) is 55.0 cm³/mol. The van der Waals surface area contributed by atoms with Gasteiger partial charge in [-0.05, 0) is 38.9 Å². The number of hydrogen-bond acceptors (Lipinski definition) is 3. The summed E-state index contributed by atoms with van der Waals surface area (Å²) in [5.74, 6) is 0. The Kier molecular flexibility index (Phi) is 3.58. The van der Waals surface area contributed by atoms with Crippen LogP contribution in [0.15, 0.2) is 0 Å². The summed E-state index contributed by atoms with van der Waals surface area (Å²) < 4.78 is 0. The highest BCUT2D eigenvalue weighted by molar-refractivity contribution is 4.79. The normalized spacial score (nSPS) is 31.8. The van der Waals surface area contributed by atoms with Gasteiger partial charge < -0.3 is 15.5 Å². The van der Waals surface area contributed by atoms with Crippen molar-refractivity contribution in [2.24, 2.45) is 0 Å². The summed E-state index contributed by atoms with van der Waals surface area (Å²) in [7, 11) is 0. The van der Waals surface area contributed by atoms with Crippen LogP contribution in [0, 0.1) is 0 Å². The molecule has 0 spiro atoms. The van der Waals surface area contributed by atoms with Gasteiger partial charge in [0.2, 0.25) is 0 Å². The van der Waals surface area contributed by atoms with Crippen molar-refractivity contribution < 1.29 is 0 Å². The van der Waals surface area contributed by atoms with Crippen molar-refractivity contribution in [1.82, 2.24) is 15.5 Å². The van der Waals surface area contributed by atoms with E-state index in [9.17, 15) is 0 Å². The standard InChI is InChI=1S/C10H21N3/c1-3-10(12-5-1)9-13-7-2-4-11-6-8-13/h10-12H,1-9H2/t10-/m1/s1. The number of rotatable bonds is 2. The first-order valence-corrected chi connectivity index (χ1v) is 5.61. The van der Waals surface area contributed by atoms with Crippen LogP contribution in [0.5, 0.6) is 0 Å². The van der Waals surface area contributed by atoms with Crippen LogP contribution in [0.25, 0.3) is 0 Å². The monoisotopic (exact) mass is 183 g/mol. The Morgan fingerprint density at radius 3 is 2.92 bits per heavy atom. The van der Waals surface area contributed by atoms with E-state index < -0.39 is 0 Å². The lowest BCUT2D eigenvalue weighted by atomic mass is 10.2. The smallest absolute Gasteiger partial charge is 0.0195 e. The van der Waals surface area contributed by atoms with Gasteiger partial charge in [0, 0.05) is 25.7 Å². The van der Waals surface area contributed by atoms with E-state index >= 15 is 0 Å². The first kappa shape index (κ1) is 9.44. The molecule has 2 rings (SSSR count). The van der Waals surface area contributed by atoms with Gasteiger partial charge in [-0.3, -0.25) is 0 Å². The van der Waals surface area contributed by atoms with Crippen molar-refractivity contribution in [2.45, 2.75) is 25.3 Å². The molecule has 2 N–H and O–H groups in total. The molecule has 2 aliphatic heterocycles. The maximum Gasteiger partial charge on any atom is 0.0195 e. The average molecular weight is 183 g/mol. The van der Waals surface area contributed by atoms with Crippen LogP contribution in [-0.4, -0.2) is 50.2 Å². The van der Waals surface area contributed by atoms with Crippen LogP contribution in [-0.2, 0) is 0 Å². The Morgan fingerprint density at radius 1 is 1.08 bits per heavy atom. The number of nitrogens with zero attached hydrogens (tertiary/aromatic N) is 1. The second-order valence-electron chi connectivity index (χ2n) is 4.20. The lowest BCUT2D eigenvalue weighted by Crippen LogP contribution is -2.39. The Morgan fingerprint density at radius 2 is 2.08 bits per heavy atom. The topological polar surface area (TPSA) is 27.3 Å². The molecule has 0 bridgehead atoms. The highest BCUT2D eigenvalue weighted by atomic mass is 15.2. The van der Waals surface area contributed by atoms with Gasteiger partial charge in [0.05, 0.1) is 0 Å². The van der Waals surface area contributed by atoms with E-state index in [2.05, 4.69) is 15.5 Å². The maximum absolute atomic E-state index is 3.56. The van der Waals surface area contributed by atoms with Gasteiger partial charge in [-0.1, -0.05) is 0 Å². The Hall–Kier alpha value is -0.120. The zero-order chi connectivity index (χ0) is 8.93. The van der Waals surface area contributed by atoms with Gasteiger partial charge in [-0.2, -0.15) is 0 Å². The molecule has 0 aromatic heterocycles. The SMILES string of the molecule is C1CN[C@@H](CN2CCCNCC2)C1. The number of hydrogen-bond donors (Lipinski definition) is 2. The second kappa shape index (κ2) is 4.94. The van der Waals surface area contributed by atoms with Crippen LogP contribution < -0.4 is 10.6 Å². The van der Waals surface area contributed by atoms with Gasteiger partial charge in [0.25, 0.3) is 0 Å². The fourth-order valence-corrected chi connectivity index (χ4v) is 2.31. The maximum atomic E-state index is 3.56. The quantitative estimate of drug-likeness (QED) is 0.633. The third-order valence-electron chi connectivity index (χ3n) is 3.07. The summed E-state index contributed by atoms with van der Waals surface area (Å²) in [5.41, 5.74) is 0. The molecule has 0 radical (unpaired) electrons.